The maximum Gasteiger partial charge on any atom is 0.123 e. The first-order valence-electron chi connectivity index (χ1n) is 5.22. The van der Waals surface area contributed by atoms with Gasteiger partial charge in [-0.2, -0.15) is 0 Å². The molecule has 0 atom stereocenters. The Morgan fingerprint density at radius 3 is 2.56 bits per heavy atom. The van der Waals surface area contributed by atoms with Gasteiger partial charge in [-0.25, -0.2) is 0 Å². The van der Waals surface area contributed by atoms with Crippen LogP contribution in [-0.4, -0.2) is 10.8 Å². The summed E-state index contributed by atoms with van der Waals surface area (Å²) in [5.74, 6) is 0.0961. The molecule has 3 nitrogen and oxygen atoms in total. The summed E-state index contributed by atoms with van der Waals surface area (Å²) in [6.45, 7) is 6.04. The number of benzene rings is 1. The Balaban J connectivity index is 2.94. The van der Waals surface area contributed by atoms with Gasteiger partial charge in [0.05, 0.1) is 5.52 Å². The second-order valence-electron chi connectivity index (χ2n) is 4.13. The highest BCUT2D eigenvalue weighted by Crippen LogP contribution is 2.23. The molecule has 0 saturated heterocycles. The van der Waals surface area contributed by atoms with E-state index in [0.717, 1.165) is 27.7 Å². The van der Waals surface area contributed by atoms with E-state index in [1.807, 2.05) is 32.0 Å². The number of aromatic nitrogens is 1. The fraction of sp³-hybridized carbons (Fsp3) is 0.231. The zero-order chi connectivity index (χ0) is 11.9. The summed E-state index contributed by atoms with van der Waals surface area (Å²) in [6, 6.07) is 5.89. The Bertz CT molecular complexity index is 585. The van der Waals surface area contributed by atoms with Gasteiger partial charge < -0.3 is 5.73 Å². The van der Waals surface area contributed by atoms with Crippen LogP contribution in [0.25, 0.3) is 10.9 Å². The number of hydrogen-bond acceptors (Lipinski definition) is 2. The molecule has 0 spiro atoms. The number of nitrogen functional groups attached to an aromatic ring is 1. The molecule has 2 aromatic rings. The maximum absolute atomic E-state index is 7.59. The van der Waals surface area contributed by atoms with E-state index in [9.17, 15) is 0 Å². The second-order valence-corrected chi connectivity index (χ2v) is 4.13. The zero-order valence-electron chi connectivity index (χ0n) is 9.76. The summed E-state index contributed by atoms with van der Waals surface area (Å²) in [4.78, 5) is 4.53. The lowest BCUT2D eigenvalue weighted by atomic mass is 10.0. The molecular weight excluding hydrogens is 198 g/mol. The van der Waals surface area contributed by atoms with Crippen molar-refractivity contribution in [3.05, 3.63) is 40.6 Å². The van der Waals surface area contributed by atoms with Crippen molar-refractivity contribution in [2.24, 2.45) is 5.73 Å². The molecule has 2 rings (SSSR count). The number of fused-ring (bicyclic) bond motifs is 1. The number of amidine groups is 1. The van der Waals surface area contributed by atoms with Gasteiger partial charge in [-0.05, 0) is 38.0 Å². The third kappa shape index (κ3) is 1.54. The minimum absolute atomic E-state index is 0.0961. The molecule has 0 aliphatic carbocycles. The van der Waals surface area contributed by atoms with Crippen molar-refractivity contribution in [2.75, 3.05) is 0 Å². The normalized spacial score (nSPS) is 10.7. The summed E-state index contributed by atoms with van der Waals surface area (Å²) in [7, 11) is 0. The highest BCUT2D eigenvalue weighted by molar-refractivity contribution is 6.07. The average molecular weight is 213 g/mol. The molecule has 1 aromatic carbocycles. The van der Waals surface area contributed by atoms with Crippen LogP contribution in [0.5, 0.6) is 0 Å². The molecule has 0 bridgehead atoms. The number of hydrogen-bond donors (Lipinski definition) is 2. The fourth-order valence-corrected chi connectivity index (χ4v) is 1.88. The lowest BCUT2D eigenvalue weighted by Gasteiger charge is -2.10. The zero-order valence-corrected chi connectivity index (χ0v) is 9.76. The Labute approximate surface area is 94.8 Å². The molecular formula is C13H15N3. The van der Waals surface area contributed by atoms with Crippen molar-refractivity contribution in [1.82, 2.24) is 4.98 Å². The molecule has 0 unspecified atom stereocenters. The molecule has 3 heteroatoms. The van der Waals surface area contributed by atoms with E-state index in [4.69, 9.17) is 11.1 Å². The standard InChI is InChI=1S/C13H15N3/c1-7-4-5-10-11(13(14)15)6-8(2)16-12(10)9(7)3/h4-6H,1-3H3,(H3,14,15). The van der Waals surface area contributed by atoms with Crippen molar-refractivity contribution in [3.63, 3.8) is 0 Å². The van der Waals surface area contributed by atoms with Gasteiger partial charge in [-0.15, -0.1) is 0 Å². The summed E-state index contributed by atoms with van der Waals surface area (Å²) in [5.41, 5.74) is 10.6. The van der Waals surface area contributed by atoms with Crippen LogP contribution in [0, 0.1) is 26.2 Å². The van der Waals surface area contributed by atoms with Crippen molar-refractivity contribution in [2.45, 2.75) is 20.8 Å². The van der Waals surface area contributed by atoms with E-state index in [1.165, 1.54) is 5.56 Å². The molecule has 16 heavy (non-hydrogen) atoms. The highest BCUT2D eigenvalue weighted by atomic mass is 14.7. The van der Waals surface area contributed by atoms with Gasteiger partial charge in [0.2, 0.25) is 0 Å². The van der Waals surface area contributed by atoms with E-state index in [1.54, 1.807) is 0 Å². The van der Waals surface area contributed by atoms with Crippen LogP contribution in [0.3, 0.4) is 0 Å². The molecule has 3 N–H and O–H groups in total. The minimum Gasteiger partial charge on any atom is -0.384 e. The lowest BCUT2D eigenvalue weighted by Crippen LogP contribution is -2.12. The number of nitrogens with one attached hydrogen (secondary N) is 1. The average Bonchev–Trinajstić information content (AvgIpc) is 2.23. The summed E-state index contributed by atoms with van der Waals surface area (Å²) in [6.07, 6.45) is 0. The largest absolute Gasteiger partial charge is 0.384 e. The number of nitrogens with zero attached hydrogens (tertiary/aromatic N) is 1. The Hall–Kier alpha value is -1.90. The van der Waals surface area contributed by atoms with Crippen molar-refractivity contribution < 1.29 is 0 Å². The molecule has 0 aliphatic rings. The maximum atomic E-state index is 7.59. The molecule has 0 amide bonds. The van der Waals surface area contributed by atoms with Gasteiger partial charge >= 0.3 is 0 Å². The number of aryl methyl sites for hydroxylation is 3. The van der Waals surface area contributed by atoms with Crippen molar-refractivity contribution in [3.8, 4) is 0 Å². The Kier molecular flexibility index (Phi) is 2.38. The van der Waals surface area contributed by atoms with Crippen LogP contribution in [0.1, 0.15) is 22.4 Å². The van der Waals surface area contributed by atoms with E-state index in [0.29, 0.717) is 0 Å². The molecule has 0 aliphatic heterocycles. The highest BCUT2D eigenvalue weighted by Gasteiger charge is 2.09. The SMILES string of the molecule is Cc1cc(C(=N)N)c2ccc(C)c(C)c2n1. The first kappa shape index (κ1) is 10.6. The van der Waals surface area contributed by atoms with Crippen LogP contribution in [0.2, 0.25) is 0 Å². The van der Waals surface area contributed by atoms with E-state index >= 15 is 0 Å². The first-order chi connectivity index (χ1) is 7.50. The van der Waals surface area contributed by atoms with Crippen molar-refractivity contribution >= 4 is 16.7 Å². The van der Waals surface area contributed by atoms with Crippen LogP contribution in [0.15, 0.2) is 18.2 Å². The third-order valence-corrected chi connectivity index (χ3v) is 2.92. The summed E-state index contributed by atoms with van der Waals surface area (Å²) >= 11 is 0. The predicted molar refractivity (Wildman–Crippen MR) is 67.0 cm³/mol. The first-order valence-corrected chi connectivity index (χ1v) is 5.22. The smallest absolute Gasteiger partial charge is 0.123 e. The monoisotopic (exact) mass is 213 g/mol. The van der Waals surface area contributed by atoms with E-state index in [-0.39, 0.29) is 5.84 Å². The van der Waals surface area contributed by atoms with Crippen molar-refractivity contribution in [1.29, 1.82) is 5.41 Å². The minimum atomic E-state index is 0.0961. The van der Waals surface area contributed by atoms with Gasteiger partial charge in [-0.3, -0.25) is 10.4 Å². The van der Waals surface area contributed by atoms with Crippen LogP contribution in [-0.2, 0) is 0 Å². The predicted octanol–water partition coefficient (Wildman–Crippen LogP) is 2.44. The third-order valence-electron chi connectivity index (χ3n) is 2.92. The Morgan fingerprint density at radius 1 is 1.25 bits per heavy atom. The molecule has 0 fully saturated rings. The molecule has 0 radical (unpaired) electrons. The van der Waals surface area contributed by atoms with Gasteiger partial charge in [-0.1, -0.05) is 12.1 Å². The summed E-state index contributed by atoms with van der Waals surface area (Å²) < 4.78 is 0. The second kappa shape index (κ2) is 3.59. The number of nitrogens with two attached hydrogens (primary N) is 1. The topological polar surface area (TPSA) is 62.8 Å². The molecule has 1 aromatic heterocycles. The lowest BCUT2D eigenvalue weighted by molar-refractivity contribution is 1.22. The quantitative estimate of drug-likeness (QED) is 0.564. The van der Waals surface area contributed by atoms with Crippen LogP contribution < -0.4 is 5.73 Å². The van der Waals surface area contributed by atoms with Crippen LogP contribution >= 0.6 is 0 Å². The van der Waals surface area contributed by atoms with Gasteiger partial charge in [0.15, 0.2) is 0 Å². The molecule has 0 saturated carbocycles. The molecule has 1 heterocycles. The van der Waals surface area contributed by atoms with Crippen LogP contribution in [0.4, 0.5) is 0 Å². The van der Waals surface area contributed by atoms with Gasteiger partial charge in [0, 0.05) is 16.6 Å². The molecule has 82 valence electrons. The summed E-state index contributed by atoms with van der Waals surface area (Å²) in [5, 5.41) is 8.55. The number of rotatable bonds is 1. The van der Waals surface area contributed by atoms with E-state index in [2.05, 4.69) is 11.9 Å². The van der Waals surface area contributed by atoms with Gasteiger partial charge in [0.25, 0.3) is 0 Å². The number of pyridine rings is 1. The van der Waals surface area contributed by atoms with E-state index < -0.39 is 0 Å². The Morgan fingerprint density at radius 2 is 1.94 bits per heavy atom. The van der Waals surface area contributed by atoms with Gasteiger partial charge in [0.1, 0.15) is 5.84 Å². The fourth-order valence-electron chi connectivity index (χ4n) is 1.88.